The minimum absolute atomic E-state index is 0.371. The van der Waals surface area contributed by atoms with Crippen molar-refractivity contribution in [2.45, 2.75) is 12.6 Å². The second kappa shape index (κ2) is 2.58. The first-order valence-electron chi connectivity index (χ1n) is 2.86. The smallest absolute Gasteiger partial charge is 0.122 e. The van der Waals surface area contributed by atoms with Crippen molar-refractivity contribution in [3.05, 3.63) is 24.3 Å². The van der Waals surface area contributed by atoms with Crippen LogP contribution in [0.3, 0.4) is 0 Å². The minimum atomic E-state index is -0.899. The molecule has 1 nitrogen and oxygen atoms in total. The average molecular weight is 125 g/mol. The standard InChI is InChI=1S/C7H8FN/c8-6-2-1-3-7(9)5-4-6/h1,3-6,9H,2H2. The molecule has 1 aliphatic rings. The van der Waals surface area contributed by atoms with Gasteiger partial charge in [0.2, 0.25) is 0 Å². The predicted octanol–water partition coefficient (Wildman–Crippen LogP) is 1.86. The second-order valence-corrected chi connectivity index (χ2v) is 1.97. The Kier molecular flexibility index (Phi) is 1.78. The van der Waals surface area contributed by atoms with Gasteiger partial charge >= 0.3 is 0 Å². The zero-order valence-electron chi connectivity index (χ0n) is 4.97. The summed E-state index contributed by atoms with van der Waals surface area (Å²) in [4.78, 5) is 0. The highest BCUT2D eigenvalue weighted by molar-refractivity contribution is 6.01. The zero-order chi connectivity index (χ0) is 6.69. The summed E-state index contributed by atoms with van der Waals surface area (Å²) in [5.74, 6) is 0. The quantitative estimate of drug-likeness (QED) is 0.511. The summed E-state index contributed by atoms with van der Waals surface area (Å²) in [5.41, 5.74) is 0.371. The molecule has 1 rings (SSSR count). The number of alkyl halides is 1. The summed E-state index contributed by atoms with van der Waals surface area (Å²) in [5, 5.41) is 7.08. The van der Waals surface area contributed by atoms with E-state index in [1.54, 1.807) is 12.2 Å². The second-order valence-electron chi connectivity index (χ2n) is 1.97. The van der Waals surface area contributed by atoms with Gasteiger partial charge in [-0.3, -0.25) is 0 Å². The molecule has 0 saturated heterocycles. The first kappa shape index (κ1) is 6.20. The van der Waals surface area contributed by atoms with Gasteiger partial charge in [-0.1, -0.05) is 6.08 Å². The van der Waals surface area contributed by atoms with Crippen LogP contribution in [0, 0.1) is 5.41 Å². The van der Waals surface area contributed by atoms with Crippen LogP contribution in [-0.2, 0) is 0 Å². The Hall–Kier alpha value is -0.920. The molecule has 0 aromatic heterocycles. The van der Waals surface area contributed by atoms with Crippen LogP contribution in [0.1, 0.15) is 6.42 Å². The minimum Gasteiger partial charge on any atom is -0.301 e. The third-order valence-corrected chi connectivity index (χ3v) is 1.14. The van der Waals surface area contributed by atoms with Gasteiger partial charge in [0.25, 0.3) is 0 Å². The number of hydrogen-bond donors (Lipinski definition) is 1. The monoisotopic (exact) mass is 125 g/mol. The van der Waals surface area contributed by atoms with Gasteiger partial charge in [-0.05, 0) is 18.2 Å². The zero-order valence-corrected chi connectivity index (χ0v) is 4.97. The van der Waals surface area contributed by atoms with E-state index in [-0.39, 0.29) is 0 Å². The highest BCUT2D eigenvalue weighted by Gasteiger charge is 2.00. The maximum atomic E-state index is 12.4. The van der Waals surface area contributed by atoms with E-state index in [2.05, 4.69) is 0 Å². The van der Waals surface area contributed by atoms with Crippen LogP contribution in [0.25, 0.3) is 0 Å². The lowest BCUT2D eigenvalue weighted by Gasteiger charge is -1.90. The van der Waals surface area contributed by atoms with Crippen LogP contribution in [-0.4, -0.2) is 11.9 Å². The van der Waals surface area contributed by atoms with Crippen LogP contribution in [0.2, 0.25) is 0 Å². The van der Waals surface area contributed by atoms with Crippen LogP contribution in [0.15, 0.2) is 24.3 Å². The van der Waals surface area contributed by atoms with Gasteiger partial charge in [0.1, 0.15) is 6.17 Å². The Morgan fingerprint density at radius 2 is 2.33 bits per heavy atom. The topological polar surface area (TPSA) is 23.9 Å². The number of hydrogen-bond acceptors (Lipinski definition) is 1. The van der Waals surface area contributed by atoms with Crippen molar-refractivity contribution in [1.29, 1.82) is 5.41 Å². The van der Waals surface area contributed by atoms with Gasteiger partial charge in [0.15, 0.2) is 0 Å². The largest absolute Gasteiger partial charge is 0.301 e. The molecule has 9 heavy (non-hydrogen) atoms. The van der Waals surface area contributed by atoms with Gasteiger partial charge in [-0.25, -0.2) is 4.39 Å². The third kappa shape index (κ3) is 1.80. The molecular formula is C7H8FN. The third-order valence-electron chi connectivity index (χ3n) is 1.14. The number of allylic oxidation sites excluding steroid dienone is 4. The molecule has 0 aromatic carbocycles. The normalized spacial score (nSPS) is 26.3. The molecule has 0 heterocycles. The first-order valence-corrected chi connectivity index (χ1v) is 2.86. The van der Waals surface area contributed by atoms with Gasteiger partial charge in [-0.2, -0.15) is 0 Å². The molecule has 1 aliphatic carbocycles. The van der Waals surface area contributed by atoms with Gasteiger partial charge in [0, 0.05) is 6.42 Å². The van der Waals surface area contributed by atoms with Crippen LogP contribution >= 0.6 is 0 Å². The Labute approximate surface area is 53.4 Å². The molecule has 1 N–H and O–H groups in total. The average Bonchev–Trinajstić information content (AvgIpc) is 1.97. The van der Waals surface area contributed by atoms with Crippen molar-refractivity contribution in [3.63, 3.8) is 0 Å². The number of halogens is 1. The molecule has 1 unspecified atom stereocenters. The van der Waals surface area contributed by atoms with E-state index >= 15 is 0 Å². The fourth-order valence-corrected chi connectivity index (χ4v) is 0.667. The molecule has 0 aliphatic heterocycles. The molecule has 0 aromatic rings. The molecular weight excluding hydrogens is 117 g/mol. The summed E-state index contributed by atoms with van der Waals surface area (Å²) in [7, 11) is 0. The molecule has 0 amide bonds. The van der Waals surface area contributed by atoms with E-state index in [0.29, 0.717) is 12.1 Å². The Balaban J connectivity index is 2.69. The van der Waals surface area contributed by atoms with Crippen molar-refractivity contribution >= 4 is 5.71 Å². The van der Waals surface area contributed by atoms with Crippen LogP contribution in [0.5, 0.6) is 0 Å². The fourth-order valence-electron chi connectivity index (χ4n) is 0.667. The van der Waals surface area contributed by atoms with Crippen molar-refractivity contribution in [2.24, 2.45) is 0 Å². The van der Waals surface area contributed by atoms with Crippen molar-refractivity contribution in [3.8, 4) is 0 Å². The van der Waals surface area contributed by atoms with Crippen LogP contribution < -0.4 is 0 Å². The summed E-state index contributed by atoms with van der Waals surface area (Å²) >= 11 is 0. The predicted molar refractivity (Wildman–Crippen MR) is 35.5 cm³/mol. The van der Waals surface area contributed by atoms with Crippen molar-refractivity contribution < 1.29 is 4.39 Å². The maximum absolute atomic E-state index is 12.4. The molecule has 0 bridgehead atoms. The molecule has 48 valence electrons. The Morgan fingerprint density at radius 3 is 3.11 bits per heavy atom. The van der Waals surface area contributed by atoms with E-state index in [9.17, 15) is 4.39 Å². The van der Waals surface area contributed by atoms with E-state index in [1.165, 1.54) is 12.2 Å². The summed E-state index contributed by atoms with van der Waals surface area (Å²) < 4.78 is 12.4. The van der Waals surface area contributed by atoms with Gasteiger partial charge in [0.05, 0.1) is 5.71 Å². The molecule has 0 spiro atoms. The molecule has 0 saturated carbocycles. The molecule has 0 radical (unpaired) electrons. The highest BCUT2D eigenvalue weighted by atomic mass is 19.1. The Morgan fingerprint density at radius 1 is 1.56 bits per heavy atom. The number of rotatable bonds is 0. The maximum Gasteiger partial charge on any atom is 0.122 e. The van der Waals surface area contributed by atoms with E-state index < -0.39 is 6.17 Å². The summed E-state index contributed by atoms with van der Waals surface area (Å²) in [6.07, 6.45) is 5.67. The molecule has 1 atom stereocenters. The van der Waals surface area contributed by atoms with E-state index in [0.717, 1.165) is 0 Å². The fraction of sp³-hybridized carbons (Fsp3) is 0.286. The van der Waals surface area contributed by atoms with Gasteiger partial charge < -0.3 is 5.41 Å². The highest BCUT2D eigenvalue weighted by Crippen LogP contribution is 2.04. The lowest BCUT2D eigenvalue weighted by molar-refractivity contribution is 0.404. The van der Waals surface area contributed by atoms with Crippen molar-refractivity contribution in [2.75, 3.05) is 0 Å². The van der Waals surface area contributed by atoms with Crippen LogP contribution in [0.4, 0.5) is 4.39 Å². The first-order chi connectivity index (χ1) is 4.29. The van der Waals surface area contributed by atoms with E-state index in [1.807, 2.05) is 0 Å². The number of nitrogens with one attached hydrogen (secondary N) is 1. The lowest BCUT2D eigenvalue weighted by atomic mass is 10.3. The lowest BCUT2D eigenvalue weighted by Crippen LogP contribution is -1.89. The Bertz CT molecular complexity index is 170. The van der Waals surface area contributed by atoms with E-state index in [4.69, 9.17) is 5.41 Å². The summed E-state index contributed by atoms with van der Waals surface area (Å²) in [6, 6.07) is 0. The van der Waals surface area contributed by atoms with Crippen molar-refractivity contribution in [1.82, 2.24) is 0 Å². The molecule has 0 fully saturated rings. The summed E-state index contributed by atoms with van der Waals surface area (Å²) in [6.45, 7) is 0. The molecule has 2 heteroatoms. The van der Waals surface area contributed by atoms with Gasteiger partial charge in [-0.15, -0.1) is 0 Å². The SMILES string of the molecule is N=C1C=CCC(F)C=C1.